The molecule has 4 aromatic rings. The van der Waals surface area contributed by atoms with Crippen molar-refractivity contribution in [3.63, 3.8) is 0 Å². The van der Waals surface area contributed by atoms with Crippen LogP contribution in [0.25, 0.3) is 11.1 Å². The van der Waals surface area contributed by atoms with Crippen molar-refractivity contribution in [3.8, 4) is 11.1 Å². The summed E-state index contributed by atoms with van der Waals surface area (Å²) in [6, 6.07) is 5.52. The molecule has 2 fully saturated rings. The van der Waals surface area contributed by atoms with E-state index in [2.05, 4.69) is 15.1 Å². The van der Waals surface area contributed by atoms with Crippen molar-refractivity contribution in [1.82, 2.24) is 44.5 Å². The Kier molecular flexibility index (Phi) is 9.28. The molecule has 8 heterocycles. The number of nitrogens with zero attached hydrogens (tertiary/aromatic N) is 9. The topological polar surface area (TPSA) is 166 Å². The molecule has 1 unspecified atom stereocenters. The molecule has 7 amide bonds. The highest BCUT2D eigenvalue weighted by Crippen LogP contribution is 2.44. The minimum absolute atomic E-state index is 0.0349. The monoisotopic (exact) mass is 834 g/mol. The Morgan fingerprint density at radius 1 is 0.803 bits per heavy atom. The summed E-state index contributed by atoms with van der Waals surface area (Å²) in [5.74, 6) is -1.64. The number of rotatable bonds is 5. The summed E-state index contributed by atoms with van der Waals surface area (Å²) in [5.41, 5.74) is 6.51. The molecule has 0 radical (unpaired) electrons. The van der Waals surface area contributed by atoms with Gasteiger partial charge in [0.25, 0.3) is 18.2 Å². The van der Waals surface area contributed by atoms with Gasteiger partial charge in [-0.2, -0.15) is 10.2 Å². The quantitative estimate of drug-likeness (QED) is 0.287. The van der Waals surface area contributed by atoms with Gasteiger partial charge in [0.2, 0.25) is 17.7 Å². The van der Waals surface area contributed by atoms with Gasteiger partial charge in [0.15, 0.2) is 5.82 Å². The van der Waals surface area contributed by atoms with Crippen LogP contribution in [0.3, 0.4) is 0 Å². The van der Waals surface area contributed by atoms with Gasteiger partial charge < -0.3 is 19.6 Å². The fourth-order valence-electron chi connectivity index (χ4n) is 10.1. The summed E-state index contributed by atoms with van der Waals surface area (Å²) in [7, 11) is 1.76. The van der Waals surface area contributed by atoms with Gasteiger partial charge in [-0.1, -0.05) is 0 Å². The third-order valence-electron chi connectivity index (χ3n) is 13.2. The number of likely N-dealkylation sites (tertiary alicyclic amines) is 1. The molecule has 2 aromatic heterocycles. The molecule has 1 atom stereocenters. The number of nitrogens with one attached hydrogen (secondary N) is 1. The van der Waals surface area contributed by atoms with E-state index in [1.807, 2.05) is 15.9 Å². The van der Waals surface area contributed by atoms with Crippen LogP contribution in [0.2, 0.25) is 0 Å². The number of piperidine rings is 2. The highest BCUT2D eigenvalue weighted by atomic mass is 19.3. The molecule has 0 saturated carbocycles. The van der Waals surface area contributed by atoms with E-state index >= 15 is 0 Å². The highest BCUT2D eigenvalue weighted by molar-refractivity contribution is 6.23. The number of carbonyl (C=O) groups is 6. The van der Waals surface area contributed by atoms with Crippen molar-refractivity contribution in [2.24, 2.45) is 7.05 Å². The second-order valence-corrected chi connectivity index (χ2v) is 16.9. The molecular weight excluding hydrogens is 791 g/mol. The van der Waals surface area contributed by atoms with Crippen molar-refractivity contribution in [2.45, 2.75) is 90.0 Å². The summed E-state index contributed by atoms with van der Waals surface area (Å²) in [4.78, 5) is 86.0. The second-order valence-electron chi connectivity index (χ2n) is 16.9. The minimum atomic E-state index is -2.71. The van der Waals surface area contributed by atoms with Crippen molar-refractivity contribution in [3.05, 3.63) is 81.3 Å². The third kappa shape index (κ3) is 6.45. The van der Waals surface area contributed by atoms with Crippen LogP contribution in [0.15, 0.2) is 36.7 Å². The SMILES string of the molecule is CC(=O)N1CCc2c(c(N3CCCc4cc(-c5cnn(C)c5)c(C(F)F)cc43)nn2C2CCN(C(=O)N3Cc4cc5c(cc4C3)C(=O)N(C3CCC(=O)NC3=O)C5=O)CC2)C1. The first-order valence-electron chi connectivity index (χ1n) is 20.8. The normalized spacial score (nSPS) is 20.3. The summed E-state index contributed by atoms with van der Waals surface area (Å²) in [6.45, 7) is 4.50. The molecule has 0 bridgehead atoms. The lowest BCUT2D eigenvalue weighted by atomic mass is 9.92. The molecule has 0 spiro atoms. The Labute approximate surface area is 349 Å². The van der Waals surface area contributed by atoms with Gasteiger partial charge in [-0.05, 0) is 78.6 Å². The van der Waals surface area contributed by atoms with Crippen molar-refractivity contribution < 1.29 is 37.5 Å². The fourth-order valence-corrected chi connectivity index (χ4v) is 10.1. The zero-order valence-electron chi connectivity index (χ0n) is 33.8. The van der Waals surface area contributed by atoms with Crippen LogP contribution in [-0.4, -0.2) is 107 Å². The maximum atomic E-state index is 14.7. The smallest absolute Gasteiger partial charge is 0.320 e. The van der Waals surface area contributed by atoms with E-state index < -0.39 is 36.1 Å². The number of imide groups is 2. The molecule has 10 rings (SSSR count). The summed E-state index contributed by atoms with van der Waals surface area (Å²) >= 11 is 0. The first-order valence-corrected chi connectivity index (χ1v) is 20.8. The maximum Gasteiger partial charge on any atom is 0.320 e. The van der Waals surface area contributed by atoms with Crippen LogP contribution in [0.4, 0.5) is 25.1 Å². The van der Waals surface area contributed by atoms with E-state index in [1.165, 1.54) is 0 Å². The first-order chi connectivity index (χ1) is 29.3. The van der Waals surface area contributed by atoms with Crippen LogP contribution < -0.4 is 10.2 Å². The van der Waals surface area contributed by atoms with E-state index in [9.17, 15) is 37.5 Å². The Hall–Kier alpha value is -6.46. The number of aryl methyl sites for hydroxylation is 2. The van der Waals surface area contributed by atoms with Gasteiger partial charge in [-0.3, -0.25) is 43.6 Å². The lowest BCUT2D eigenvalue weighted by Gasteiger charge is -2.35. The molecular formula is C43H44F2N10O6. The number of alkyl halides is 2. The molecule has 0 aliphatic carbocycles. The molecule has 16 nitrogen and oxygen atoms in total. The van der Waals surface area contributed by atoms with Gasteiger partial charge in [0.1, 0.15) is 6.04 Å². The van der Waals surface area contributed by atoms with Gasteiger partial charge in [0.05, 0.1) is 29.9 Å². The average molecular weight is 835 g/mol. The van der Waals surface area contributed by atoms with Crippen LogP contribution in [-0.2, 0) is 53.9 Å². The molecule has 6 aliphatic rings. The number of hydrogen-bond donors (Lipinski definition) is 1. The van der Waals surface area contributed by atoms with Crippen LogP contribution >= 0.6 is 0 Å². The van der Waals surface area contributed by atoms with E-state index in [4.69, 9.17) is 5.10 Å². The molecule has 316 valence electrons. The Balaban J connectivity index is 0.867. The van der Waals surface area contributed by atoms with Crippen LogP contribution in [0.1, 0.15) is 106 Å². The zero-order valence-corrected chi connectivity index (χ0v) is 33.8. The number of benzene rings is 2. The number of fused-ring (bicyclic) bond motifs is 4. The Morgan fingerprint density at radius 3 is 2.15 bits per heavy atom. The van der Waals surface area contributed by atoms with E-state index in [0.29, 0.717) is 74.6 Å². The number of aromatic nitrogens is 4. The first kappa shape index (κ1) is 38.7. The molecule has 2 saturated heterocycles. The number of halogens is 2. The van der Waals surface area contributed by atoms with E-state index in [0.717, 1.165) is 45.7 Å². The standard InChI is InChI=1S/C43H44F2N10O6/c1-23(56)51-13-9-34-33(22-51)39(53-10-3-4-24-14-29(27-18-46-49(2)19-27)30(38(44)45)17-36(24)53)48-55(34)28-7-11-50(12-8-28)43(61)52-20-25-15-31-32(16-26(25)21-52)42(60)54(41(31)59)35-5-6-37(57)47-40(35)58/h14-19,28,35,38H,3-13,20-22H2,1-2H3,(H,47,57,58). The molecule has 18 heteroatoms. The fraction of sp³-hybridized carbons (Fsp3) is 0.442. The Morgan fingerprint density at radius 2 is 1.51 bits per heavy atom. The number of urea groups is 1. The number of carbonyl (C=O) groups excluding carboxylic acids is 6. The maximum absolute atomic E-state index is 14.7. The van der Waals surface area contributed by atoms with Crippen molar-refractivity contribution in [1.29, 1.82) is 0 Å². The van der Waals surface area contributed by atoms with E-state index in [1.54, 1.807) is 59.0 Å². The molecule has 61 heavy (non-hydrogen) atoms. The van der Waals surface area contributed by atoms with Gasteiger partial charge >= 0.3 is 6.03 Å². The van der Waals surface area contributed by atoms with E-state index in [-0.39, 0.29) is 60.6 Å². The summed E-state index contributed by atoms with van der Waals surface area (Å²) < 4.78 is 33.1. The number of hydrogen-bond acceptors (Lipinski definition) is 9. The molecule has 2 aromatic carbocycles. The van der Waals surface area contributed by atoms with Crippen molar-refractivity contribution in [2.75, 3.05) is 31.1 Å². The largest absolute Gasteiger partial charge is 0.338 e. The predicted octanol–water partition coefficient (Wildman–Crippen LogP) is 4.38. The van der Waals surface area contributed by atoms with Crippen LogP contribution in [0.5, 0.6) is 0 Å². The zero-order chi connectivity index (χ0) is 42.4. The summed E-state index contributed by atoms with van der Waals surface area (Å²) in [5, 5.41) is 11.7. The second kappa shape index (κ2) is 14.6. The molecule has 1 N–H and O–H groups in total. The molecule has 6 aliphatic heterocycles. The number of amides is 7. The third-order valence-corrected chi connectivity index (χ3v) is 13.2. The highest BCUT2D eigenvalue weighted by Gasteiger charge is 2.46. The summed E-state index contributed by atoms with van der Waals surface area (Å²) in [6.07, 6.45) is 4.11. The van der Waals surface area contributed by atoms with Gasteiger partial charge in [-0.25, -0.2) is 13.6 Å². The predicted molar refractivity (Wildman–Crippen MR) is 214 cm³/mol. The van der Waals surface area contributed by atoms with Crippen LogP contribution in [0, 0.1) is 0 Å². The lowest BCUT2D eigenvalue weighted by Crippen LogP contribution is -2.54. The van der Waals surface area contributed by atoms with Gasteiger partial charge in [-0.15, -0.1) is 0 Å². The average Bonchev–Trinajstić information content (AvgIpc) is 4.03. The Bertz CT molecular complexity index is 2530. The lowest BCUT2D eigenvalue weighted by molar-refractivity contribution is -0.136. The van der Waals surface area contributed by atoms with Crippen molar-refractivity contribution >= 4 is 47.1 Å². The van der Waals surface area contributed by atoms with Gasteiger partial charge in [0, 0.05) is 100 Å². The number of anilines is 2. The minimum Gasteiger partial charge on any atom is -0.338 e.